The third kappa shape index (κ3) is 3.68. The standard InChI is InChI=1S/C10H21N3O2/c1-8(9(11)13-15)6-12-7-10(14)4-2-3-5-10/h8,12,14-15H,2-7H2,1H3,(H2,11,13). The molecule has 5 heteroatoms. The van der Waals surface area contributed by atoms with Crippen molar-refractivity contribution in [3.63, 3.8) is 0 Å². The highest BCUT2D eigenvalue weighted by atomic mass is 16.4. The molecule has 0 aromatic rings. The maximum atomic E-state index is 10.0. The maximum Gasteiger partial charge on any atom is 0.143 e. The average molecular weight is 215 g/mol. The fraction of sp³-hybridized carbons (Fsp3) is 0.900. The first-order chi connectivity index (χ1) is 7.07. The Morgan fingerprint density at radius 1 is 1.53 bits per heavy atom. The van der Waals surface area contributed by atoms with Crippen LogP contribution in [0, 0.1) is 5.92 Å². The largest absolute Gasteiger partial charge is 0.409 e. The van der Waals surface area contributed by atoms with Crippen LogP contribution in [0.25, 0.3) is 0 Å². The topological polar surface area (TPSA) is 90.9 Å². The van der Waals surface area contributed by atoms with Gasteiger partial charge in [0.25, 0.3) is 0 Å². The molecule has 0 spiro atoms. The van der Waals surface area contributed by atoms with Crippen LogP contribution >= 0.6 is 0 Å². The molecular formula is C10H21N3O2. The number of aliphatic hydroxyl groups is 1. The van der Waals surface area contributed by atoms with Crippen molar-refractivity contribution in [2.24, 2.45) is 16.8 Å². The van der Waals surface area contributed by atoms with Gasteiger partial charge in [0.15, 0.2) is 0 Å². The molecule has 1 saturated carbocycles. The second-order valence-corrected chi connectivity index (χ2v) is 4.49. The first-order valence-corrected chi connectivity index (χ1v) is 5.48. The molecule has 1 aliphatic carbocycles. The van der Waals surface area contributed by atoms with Gasteiger partial charge >= 0.3 is 0 Å². The van der Waals surface area contributed by atoms with Crippen LogP contribution < -0.4 is 11.1 Å². The SMILES string of the molecule is CC(CNCC1(O)CCCC1)C(N)=NO. The van der Waals surface area contributed by atoms with E-state index in [1.165, 1.54) is 0 Å². The summed E-state index contributed by atoms with van der Waals surface area (Å²) in [5.41, 5.74) is 4.90. The summed E-state index contributed by atoms with van der Waals surface area (Å²) in [6.07, 6.45) is 3.96. The van der Waals surface area contributed by atoms with Crippen molar-refractivity contribution >= 4 is 5.84 Å². The summed E-state index contributed by atoms with van der Waals surface area (Å²) in [7, 11) is 0. The van der Waals surface area contributed by atoms with Gasteiger partial charge in [-0.2, -0.15) is 0 Å². The molecule has 1 fully saturated rings. The Balaban J connectivity index is 2.21. The van der Waals surface area contributed by atoms with E-state index in [0.29, 0.717) is 13.1 Å². The van der Waals surface area contributed by atoms with E-state index < -0.39 is 5.60 Å². The van der Waals surface area contributed by atoms with Crippen molar-refractivity contribution < 1.29 is 10.3 Å². The van der Waals surface area contributed by atoms with Crippen molar-refractivity contribution in [2.75, 3.05) is 13.1 Å². The quantitative estimate of drug-likeness (QED) is 0.229. The van der Waals surface area contributed by atoms with Gasteiger partial charge in [-0.3, -0.25) is 0 Å². The minimum absolute atomic E-state index is 0.0139. The van der Waals surface area contributed by atoms with Crippen LogP contribution in [0.1, 0.15) is 32.6 Å². The van der Waals surface area contributed by atoms with Gasteiger partial charge in [-0.25, -0.2) is 0 Å². The second kappa shape index (κ2) is 5.32. The molecule has 0 aliphatic heterocycles. The van der Waals surface area contributed by atoms with Gasteiger partial charge in [0.05, 0.1) is 5.60 Å². The molecule has 0 radical (unpaired) electrons. The molecular weight excluding hydrogens is 194 g/mol. The van der Waals surface area contributed by atoms with Crippen molar-refractivity contribution in [3.05, 3.63) is 0 Å². The number of hydrogen-bond acceptors (Lipinski definition) is 4. The summed E-state index contributed by atoms with van der Waals surface area (Å²) in [4.78, 5) is 0. The Bertz CT molecular complexity index is 225. The summed E-state index contributed by atoms with van der Waals surface area (Å²) in [5.74, 6) is 0.209. The zero-order valence-electron chi connectivity index (χ0n) is 9.24. The van der Waals surface area contributed by atoms with Crippen molar-refractivity contribution in [1.29, 1.82) is 0 Å². The average Bonchev–Trinajstić information content (AvgIpc) is 2.64. The van der Waals surface area contributed by atoms with E-state index >= 15 is 0 Å². The minimum atomic E-state index is -0.537. The van der Waals surface area contributed by atoms with E-state index in [2.05, 4.69) is 10.5 Å². The van der Waals surface area contributed by atoms with E-state index in [1.807, 2.05) is 6.92 Å². The Hall–Kier alpha value is -0.810. The van der Waals surface area contributed by atoms with Crippen LogP contribution in [0.4, 0.5) is 0 Å². The summed E-state index contributed by atoms with van der Waals surface area (Å²) in [5, 5.41) is 24.6. The lowest BCUT2D eigenvalue weighted by atomic mass is 10.0. The van der Waals surface area contributed by atoms with Crippen molar-refractivity contribution in [3.8, 4) is 0 Å². The van der Waals surface area contributed by atoms with Crippen LogP contribution in [-0.2, 0) is 0 Å². The molecule has 1 unspecified atom stereocenters. The Morgan fingerprint density at radius 2 is 2.13 bits per heavy atom. The molecule has 1 rings (SSSR count). The third-order valence-corrected chi connectivity index (χ3v) is 3.06. The molecule has 5 N–H and O–H groups in total. The molecule has 1 aliphatic rings. The van der Waals surface area contributed by atoms with Gasteiger partial charge in [-0.1, -0.05) is 24.9 Å². The molecule has 0 bridgehead atoms. The normalized spacial score (nSPS) is 22.9. The molecule has 0 saturated heterocycles. The van der Waals surface area contributed by atoms with Gasteiger partial charge in [0, 0.05) is 19.0 Å². The van der Waals surface area contributed by atoms with E-state index in [-0.39, 0.29) is 11.8 Å². The first kappa shape index (κ1) is 12.3. The summed E-state index contributed by atoms with van der Waals surface area (Å²) < 4.78 is 0. The number of oxime groups is 1. The smallest absolute Gasteiger partial charge is 0.143 e. The molecule has 5 nitrogen and oxygen atoms in total. The van der Waals surface area contributed by atoms with E-state index in [1.54, 1.807) is 0 Å². The van der Waals surface area contributed by atoms with Crippen LogP contribution in [0.15, 0.2) is 5.16 Å². The first-order valence-electron chi connectivity index (χ1n) is 5.48. The zero-order valence-corrected chi connectivity index (χ0v) is 9.24. The summed E-state index contributed by atoms with van der Waals surface area (Å²) >= 11 is 0. The maximum absolute atomic E-state index is 10.0. The second-order valence-electron chi connectivity index (χ2n) is 4.49. The highest BCUT2D eigenvalue weighted by Crippen LogP contribution is 2.28. The number of rotatable bonds is 5. The number of hydrogen-bond donors (Lipinski definition) is 4. The Labute approximate surface area is 90.3 Å². The molecule has 1 atom stereocenters. The zero-order chi connectivity index (χ0) is 11.3. The Kier molecular flexibility index (Phi) is 4.35. The van der Waals surface area contributed by atoms with Gasteiger partial charge in [0.2, 0.25) is 0 Å². The van der Waals surface area contributed by atoms with Crippen LogP contribution in [-0.4, -0.2) is 34.8 Å². The number of nitrogens with one attached hydrogen (secondary N) is 1. The molecule has 0 heterocycles. The monoisotopic (exact) mass is 215 g/mol. The molecule has 0 amide bonds. The van der Waals surface area contributed by atoms with Gasteiger partial charge in [-0.05, 0) is 12.8 Å². The lowest BCUT2D eigenvalue weighted by molar-refractivity contribution is 0.0476. The highest BCUT2D eigenvalue weighted by molar-refractivity contribution is 5.82. The Morgan fingerprint density at radius 3 is 2.67 bits per heavy atom. The van der Waals surface area contributed by atoms with Gasteiger partial charge in [-0.15, -0.1) is 0 Å². The molecule has 15 heavy (non-hydrogen) atoms. The fourth-order valence-corrected chi connectivity index (χ4v) is 1.93. The van der Waals surface area contributed by atoms with Crippen molar-refractivity contribution in [2.45, 2.75) is 38.2 Å². The van der Waals surface area contributed by atoms with Crippen LogP contribution in [0.5, 0.6) is 0 Å². The van der Waals surface area contributed by atoms with Gasteiger partial charge < -0.3 is 21.4 Å². The van der Waals surface area contributed by atoms with Crippen LogP contribution in [0.2, 0.25) is 0 Å². The van der Waals surface area contributed by atoms with Crippen LogP contribution in [0.3, 0.4) is 0 Å². The summed E-state index contributed by atoms with van der Waals surface area (Å²) in [6, 6.07) is 0. The third-order valence-electron chi connectivity index (χ3n) is 3.06. The van der Waals surface area contributed by atoms with Crippen molar-refractivity contribution in [1.82, 2.24) is 5.32 Å². The fourth-order valence-electron chi connectivity index (χ4n) is 1.93. The molecule has 88 valence electrons. The number of nitrogens with two attached hydrogens (primary N) is 1. The predicted molar refractivity (Wildman–Crippen MR) is 58.9 cm³/mol. The lowest BCUT2D eigenvalue weighted by Gasteiger charge is -2.23. The number of amidine groups is 1. The number of nitrogens with zero attached hydrogens (tertiary/aromatic N) is 1. The predicted octanol–water partition coefficient (Wildman–Crippen LogP) is 0.264. The van der Waals surface area contributed by atoms with E-state index in [4.69, 9.17) is 10.9 Å². The summed E-state index contributed by atoms with van der Waals surface area (Å²) in [6.45, 7) is 3.09. The van der Waals surface area contributed by atoms with Gasteiger partial charge in [0.1, 0.15) is 5.84 Å². The molecule has 0 aromatic carbocycles. The minimum Gasteiger partial charge on any atom is -0.409 e. The van der Waals surface area contributed by atoms with E-state index in [0.717, 1.165) is 25.7 Å². The lowest BCUT2D eigenvalue weighted by Crippen LogP contribution is -2.41. The molecule has 0 aromatic heterocycles. The highest BCUT2D eigenvalue weighted by Gasteiger charge is 2.30. The van der Waals surface area contributed by atoms with E-state index in [9.17, 15) is 5.11 Å².